The molecule has 130 valence electrons. The van der Waals surface area contributed by atoms with Crippen LogP contribution in [-0.2, 0) is 19.6 Å². The first-order valence-electron chi connectivity index (χ1n) is 7.41. The molecule has 0 bridgehead atoms. The summed E-state index contributed by atoms with van der Waals surface area (Å²) >= 11 is 1.16. The van der Waals surface area contributed by atoms with E-state index in [9.17, 15) is 18.0 Å². The van der Waals surface area contributed by atoms with Crippen LogP contribution in [0.15, 0.2) is 21.7 Å². The van der Waals surface area contributed by atoms with Gasteiger partial charge >= 0.3 is 0 Å². The third kappa shape index (κ3) is 6.67. The van der Waals surface area contributed by atoms with Crippen molar-refractivity contribution in [3.8, 4) is 0 Å². The highest BCUT2D eigenvalue weighted by Crippen LogP contribution is 2.19. The maximum absolute atomic E-state index is 12.2. The molecule has 9 heteroatoms. The van der Waals surface area contributed by atoms with Crippen molar-refractivity contribution in [3.05, 3.63) is 17.5 Å². The van der Waals surface area contributed by atoms with Crippen molar-refractivity contribution in [2.75, 3.05) is 26.7 Å². The van der Waals surface area contributed by atoms with E-state index >= 15 is 0 Å². The van der Waals surface area contributed by atoms with Gasteiger partial charge in [-0.15, -0.1) is 11.3 Å². The number of carbonyl (C=O) groups is 2. The van der Waals surface area contributed by atoms with Gasteiger partial charge in [-0.3, -0.25) is 9.59 Å². The van der Waals surface area contributed by atoms with Gasteiger partial charge in [0.15, 0.2) is 0 Å². The number of rotatable bonds is 10. The van der Waals surface area contributed by atoms with Gasteiger partial charge in [0.25, 0.3) is 10.0 Å². The van der Waals surface area contributed by atoms with Crippen LogP contribution in [0.2, 0.25) is 0 Å². The topological polar surface area (TPSA) is 95.6 Å². The van der Waals surface area contributed by atoms with Crippen LogP contribution in [0.5, 0.6) is 0 Å². The lowest BCUT2D eigenvalue weighted by Gasteiger charge is -2.15. The minimum Gasteiger partial charge on any atom is -0.355 e. The molecule has 0 spiro atoms. The standard InChI is InChI=1S/C14H23N3O4S2/c1-3-8-15-13(19)11-16-12(18)6-4-9-17(2)23(20,21)14-7-5-10-22-14/h5,7,10H,3-4,6,8-9,11H2,1-2H3,(H,15,19)(H,16,18). The van der Waals surface area contributed by atoms with Crippen LogP contribution in [0.3, 0.4) is 0 Å². The summed E-state index contributed by atoms with van der Waals surface area (Å²) < 4.78 is 25.9. The molecule has 1 aromatic heterocycles. The van der Waals surface area contributed by atoms with Gasteiger partial charge in [0.2, 0.25) is 11.8 Å². The number of sulfonamides is 1. The first kappa shape index (κ1) is 19.6. The average molecular weight is 361 g/mol. The molecule has 0 aliphatic heterocycles. The Morgan fingerprint density at radius 1 is 1.26 bits per heavy atom. The molecule has 7 nitrogen and oxygen atoms in total. The number of nitrogens with zero attached hydrogens (tertiary/aromatic N) is 1. The van der Waals surface area contributed by atoms with Crippen LogP contribution >= 0.6 is 11.3 Å². The lowest BCUT2D eigenvalue weighted by Crippen LogP contribution is -2.37. The van der Waals surface area contributed by atoms with Gasteiger partial charge < -0.3 is 10.6 Å². The summed E-state index contributed by atoms with van der Waals surface area (Å²) in [4.78, 5) is 23.0. The van der Waals surface area contributed by atoms with Gasteiger partial charge in [-0.05, 0) is 24.3 Å². The summed E-state index contributed by atoms with van der Waals surface area (Å²) in [6.07, 6.45) is 1.40. The van der Waals surface area contributed by atoms with Crippen LogP contribution in [0.4, 0.5) is 0 Å². The minimum absolute atomic E-state index is 0.0534. The van der Waals surface area contributed by atoms with Crippen LogP contribution in [0, 0.1) is 0 Å². The molecule has 2 N–H and O–H groups in total. The second-order valence-corrected chi connectivity index (χ2v) is 8.21. The zero-order valence-corrected chi connectivity index (χ0v) is 15.0. The van der Waals surface area contributed by atoms with Crippen molar-refractivity contribution in [2.45, 2.75) is 30.4 Å². The van der Waals surface area contributed by atoms with Crippen molar-refractivity contribution in [1.29, 1.82) is 0 Å². The van der Waals surface area contributed by atoms with Crippen LogP contribution in [0.25, 0.3) is 0 Å². The van der Waals surface area contributed by atoms with Crippen molar-refractivity contribution in [1.82, 2.24) is 14.9 Å². The lowest BCUT2D eigenvalue weighted by molar-refractivity contribution is -0.126. The van der Waals surface area contributed by atoms with E-state index in [1.54, 1.807) is 17.5 Å². The predicted octanol–water partition coefficient (Wildman–Crippen LogP) is 0.791. The molecular weight excluding hydrogens is 338 g/mol. The third-order valence-corrected chi connectivity index (χ3v) is 6.28. The Balaban J connectivity index is 2.28. The zero-order chi connectivity index (χ0) is 17.3. The largest absolute Gasteiger partial charge is 0.355 e. The molecule has 0 atom stereocenters. The quantitative estimate of drug-likeness (QED) is 0.644. The van der Waals surface area contributed by atoms with Crippen molar-refractivity contribution >= 4 is 33.2 Å². The van der Waals surface area contributed by atoms with E-state index in [1.807, 2.05) is 6.92 Å². The van der Waals surface area contributed by atoms with E-state index in [1.165, 1.54) is 11.4 Å². The van der Waals surface area contributed by atoms with Crippen LogP contribution < -0.4 is 10.6 Å². The first-order chi connectivity index (χ1) is 10.9. The number of carbonyl (C=O) groups excluding carboxylic acids is 2. The fourth-order valence-corrected chi connectivity index (χ4v) is 4.15. The maximum atomic E-state index is 12.2. The predicted molar refractivity (Wildman–Crippen MR) is 89.7 cm³/mol. The molecule has 0 saturated carbocycles. The summed E-state index contributed by atoms with van der Waals surface area (Å²) in [5.74, 6) is -0.490. The Hall–Kier alpha value is -1.45. The number of nitrogens with one attached hydrogen (secondary N) is 2. The van der Waals surface area contributed by atoms with E-state index in [4.69, 9.17) is 0 Å². The molecule has 0 radical (unpaired) electrons. The van der Waals surface area contributed by atoms with Crippen molar-refractivity contribution in [3.63, 3.8) is 0 Å². The van der Waals surface area contributed by atoms with Crippen molar-refractivity contribution in [2.24, 2.45) is 0 Å². The third-order valence-electron chi connectivity index (χ3n) is 3.05. The van der Waals surface area contributed by atoms with E-state index in [2.05, 4.69) is 10.6 Å². The summed E-state index contributed by atoms with van der Waals surface area (Å²) in [6, 6.07) is 3.24. The summed E-state index contributed by atoms with van der Waals surface area (Å²) in [5, 5.41) is 6.88. The molecule has 0 aliphatic carbocycles. The number of amides is 2. The minimum atomic E-state index is -3.47. The monoisotopic (exact) mass is 361 g/mol. The number of thiophene rings is 1. The summed E-state index contributed by atoms with van der Waals surface area (Å²) in [5.41, 5.74) is 0. The van der Waals surface area contributed by atoms with E-state index in [-0.39, 0.29) is 35.5 Å². The van der Waals surface area contributed by atoms with Crippen LogP contribution in [0.1, 0.15) is 26.2 Å². The highest BCUT2D eigenvalue weighted by molar-refractivity contribution is 7.91. The van der Waals surface area contributed by atoms with Crippen molar-refractivity contribution < 1.29 is 18.0 Å². The van der Waals surface area contributed by atoms with Gasteiger partial charge in [0.1, 0.15) is 4.21 Å². The molecule has 0 saturated heterocycles. The Morgan fingerprint density at radius 3 is 2.61 bits per heavy atom. The Bertz CT molecular complexity index is 600. The van der Waals surface area contributed by atoms with Gasteiger partial charge in [0.05, 0.1) is 6.54 Å². The van der Waals surface area contributed by atoms with Gasteiger partial charge in [0, 0.05) is 26.6 Å². The first-order valence-corrected chi connectivity index (χ1v) is 9.73. The molecule has 0 unspecified atom stereocenters. The smallest absolute Gasteiger partial charge is 0.252 e. The van der Waals surface area contributed by atoms with Crippen LogP contribution in [-0.4, -0.2) is 51.2 Å². The fourth-order valence-electron chi connectivity index (χ4n) is 1.74. The molecular formula is C14H23N3O4S2. The lowest BCUT2D eigenvalue weighted by atomic mass is 10.3. The molecule has 23 heavy (non-hydrogen) atoms. The molecule has 1 aromatic rings. The summed E-state index contributed by atoms with van der Waals surface area (Å²) in [7, 11) is -1.98. The Labute approximate surface area is 141 Å². The second-order valence-electron chi connectivity index (χ2n) is 4.99. The molecule has 2 amide bonds. The molecule has 0 aromatic carbocycles. The SMILES string of the molecule is CCCNC(=O)CNC(=O)CCCN(C)S(=O)(=O)c1cccs1. The Kier molecular flexibility index (Phi) is 8.21. The number of hydrogen-bond donors (Lipinski definition) is 2. The van der Waals surface area contributed by atoms with E-state index in [0.29, 0.717) is 13.0 Å². The highest BCUT2D eigenvalue weighted by Gasteiger charge is 2.21. The summed E-state index contributed by atoms with van der Waals surface area (Å²) in [6.45, 7) is 2.72. The second kappa shape index (κ2) is 9.64. The normalized spacial score (nSPS) is 11.4. The fraction of sp³-hybridized carbons (Fsp3) is 0.571. The van der Waals surface area contributed by atoms with Gasteiger partial charge in [-0.25, -0.2) is 12.7 Å². The molecule has 0 aliphatic rings. The molecule has 0 fully saturated rings. The van der Waals surface area contributed by atoms with Gasteiger partial charge in [-0.1, -0.05) is 13.0 Å². The zero-order valence-electron chi connectivity index (χ0n) is 13.4. The average Bonchev–Trinajstić information content (AvgIpc) is 3.05. The van der Waals surface area contributed by atoms with E-state index < -0.39 is 10.0 Å². The Morgan fingerprint density at radius 2 is 2.00 bits per heavy atom. The van der Waals surface area contributed by atoms with Gasteiger partial charge in [-0.2, -0.15) is 0 Å². The molecule has 1 rings (SSSR count). The van der Waals surface area contributed by atoms with E-state index in [0.717, 1.165) is 17.8 Å². The highest BCUT2D eigenvalue weighted by atomic mass is 32.2. The maximum Gasteiger partial charge on any atom is 0.252 e. The molecule has 1 heterocycles. The number of hydrogen-bond acceptors (Lipinski definition) is 5.